The zero-order chi connectivity index (χ0) is 20.7. The van der Waals surface area contributed by atoms with E-state index >= 15 is 0 Å². The number of nitrogens with one attached hydrogen (secondary N) is 1. The quantitative estimate of drug-likeness (QED) is 0.537. The van der Waals surface area contributed by atoms with Gasteiger partial charge in [-0.05, 0) is 48.4 Å². The van der Waals surface area contributed by atoms with E-state index in [-0.39, 0.29) is 0 Å². The Hall–Kier alpha value is -1.90. The summed E-state index contributed by atoms with van der Waals surface area (Å²) in [7, 11) is 0.366. The standard InChI is InChI=1S/C21H30N4O2S2/c1-22-21(24(2)14-11-19-9-7-15-28-19)23-17-18-8-6-10-20(16-18)29(26,27)25-12-4-3-5-13-25/h6-10,15-16H,3-5,11-14,17H2,1-2H3,(H,22,23). The van der Waals surface area contributed by atoms with Crippen LogP contribution >= 0.6 is 11.3 Å². The molecule has 0 radical (unpaired) electrons. The van der Waals surface area contributed by atoms with Crippen LogP contribution in [0.15, 0.2) is 51.7 Å². The maximum atomic E-state index is 12.9. The van der Waals surface area contributed by atoms with Crippen molar-refractivity contribution >= 4 is 27.3 Å². The van der Waals surface area contributed by atoms with Gasteiger partial charge >= 0.3 is 0 Å². The summed E-state index contributed by atoms with van der Waals surface area (Å²) in [5.74, 6) is 0.797. The average Bonchev–Trinajstić information content (AvgIpc) is 3.27. The highest BCUT2D eigenvalue weighted by Gasteiger charge is 2.25. The van der Waals surface area contributed by atoms with Gasteiger partial charge in [0.05, 0.1) is 4.90 Å². The van der Waals surface area contributed by atoms with Crippen LogP contribution in [0.4, 0.5) is 0 Å². The van der Waals surface area contributed by atoms with E-state index < -0.39 is 10.0 Å². The molecule has 0 saturated carbocycles. The first-order valence-corrected chi connectivity index (χ1v) is 12.4. The summed E-state index contributed by atoms with van der Waals surface area (Å²) in [6.07, 6.45) is 3.96. The molecular formula is C21H30N4O2S2. The molecule has 158 valence electrons. The van der Waals surface area contributed by atoms with Crippen LogP contribution in [-0.2, 0) is 23.0 Å². The van der Waals surface area contributed by atoms with E-state index in [1.165, 1.54) is 4.88 Å². The molecule has 1 aliphatic heterocycles. The Kier molecular flexibility index (Phi) is 7.69. The van der Waals surface area contributed by atoms with Crippen molar-refractivity contribution in [3.63, 3.8) is 0 Å². The number of nitrogens with zero attached hydrogens (tertiary/aromatic N) is 3. The maximum Gasteiger partial charge on any atom is 0.243 e. The number of piperidine rings is 1. The first-order chi connectivity index (χ1) is 14.0. The number of hydrogen-bond acceptors (Lipinski definition) is 4. The largest absolute Gasteiger partial charge is 0.352 e. The normalized spacial score (nSPS) is 16.0. The lowest BCUT2D eigenvalue weighted by Gasteiger charge is -2.26. The van der Waals surface area contributed by atoms with Crippen molar-refractivity contribution in [1.82, 2.24) is 14.5 Å². The van der Waals surface area contributed by atoms with E-state index in [1.807, 2.05) is 19.2 Å². The van der Waals surface area contributed by atoms with Crippen LogP contribution in [0.2, 0.25) is 0 Å². The minimum absolute atomic E-state index is 0.375. The van der Waals surface area contributed by atoms with Gasteiger partial charge in [-0.25, -0.2) is 8.42 Å². The number of sulfonamides is 1. The number of rotatable bonds is 7. The SMILES string of the molecule is CN=C(NCc1cccc(S(=O)(=O)N2CCCCC2)c1)N(C)CCc1cccs1. The molecule has 0 bridgehead atoms. The van der Waals surface area contributed by atoms with Crippen LogP contribution in [0.3, 0.4) is 0 Å². The second kappa shape index (κ2) is 10.2. The van der Waals surface area contributed by atoms with Crippen LogP contribution in [0.1, 0.15) is 29.7 Å². The molecule has 3 rings (SSSR count). The number of hydrogen-bond donors (Lipinski definition) is 1. The van der Waals surface area contributed by atoms with Crippen LogP contribution in [0.5, 0.6) is 0 Å². The van der Waals surface area contributed by atoms with Crippen LogP contribution in [0, 0.1) is 0 Å². The lowest BCUT2D eigenvalue weighted by Crippen LogP contribution is -2.39. The van der Waals surface area contributed by atoms with E-state index in [9.17, 15) is 8.42 Å². The van der Waals surface area contributed by atoms with Crippen molar-refractivity contribution in [2.45, 2.75) is 37.1 Å². The molecule has 2 aromatic rings. The highest BCUT2D eigenvalue weighted by atomic mass is 32.2. The molecule has 1 aliphatic rings. The molecule has 8 heteroatoms. The Bertz CT molecular complexity index is 905. The van der Waals surface area contributed by atoms with Crippen molar-refractivity contribution in [2.24, 2.45) is 4.99 Å². The fourth-order valence-electron chi connectivity index (χ4n) is 3.47. The molecule has 0 aliphatic carbocycles. The van der Waals surface area contributed by atoms with Crippen molar-refractivity contribution in [3.8, 4) is 0 Å². The first-order valence-electron chi connectivity index (χ1n) is 10.0. The van der Waals surface area contributed by atoms with E-state index in [0.717, 1.165) is 43.8 Å². The van der Waals surface area contributed by atoms with Gasteiger partial charge in [-0.1, -0.05) is 24.6 Å². The predicted octanol–water partition coefficient (Wildman–Crippen LogP) is 3.17. The number of likely N-dealkylation sites (N-methyl/N-ethyl adjacent to an activating group) is 1. The molecule has 1 fully saturated rings. The lowest BCUT2D eigenvalue weighted by molar-refractivity contribution is 0.346. The van der Waals surface area contributed by atoms with Gasteiger partial charge < -0.3 is 10.2 Å². The first kappa shape index (κ1) is 21.8. The summed E-state index contributed by atoms with van der Waals surface area (Å²) in [6, 6.07) is 11.4. The minimum atomic E-state index is -3.41. The monoisotopic (exact) mass is 434 g/mol. The smallest absolute Gasteiger partial charge is 0.243 e. The summed E-state index contributed by atoms with van der Waals surface area (Å²) in [5, 5.41) is 5.44. The third-order valence-corrected chi connectivity index (χ3v) is 7.98. The molecule has 0 amide bonds. The Labute approximate surface area is 178 Å². The summed E-state index contributed by atoms with van der Waals surface area (Å²) >= 11 is 1.76. The van der Waals surface area contributed by atoms with Crippen LogP contribution in [-0.4, -0.2) is 57.3 Å². The van der Waals surface area contributed by atoms with E-state index in [4.69, 9.17) is 0 Å². The predicted molar refractivity (Wildman–Crippen MR) is 120 cm³/mol. The number of benzene rings is 1. The van der Waals surface area contributed by atoms with Crippen molar-refractivity contribution < 1.29 is 8.42 Å². The van der Waals surface area contributed by atoms with E-state index in [0.29, 0.717) is 24.5 Å². The van der Waals surface area contributed by atoms with Crippen molar-refractivity contribution in [1.29, 1.82) is 0 Å². The van der Waals surface area contributed by atoms with Gasteiger partial charge in [0, 0.05) is 45.2 Å². The molecule has 0 atom stereocenters. The third kappa shape index (κ3) is 5.81. The lowest BCUT2D eigenvalue weighted by atomic mass is 10.2. The third-order valence-electron chi connectivity index (χ3n) is 5.15. The van der Waals surface area contributed by atoms with Crippen molar-refractivity contribution in [2.75, 3.05) is 33.7 Å². The molecular weight excluding hydrogens is 404 g/mol. The fourth-order valence-corrected chi connectivity index (χ4v) is 5.76. The zero-order valence-electron chi connectivity index (χ0n) is 17.2. The maximum absolute atomic E-state index is 12.9. The van der Waals surface area contributed by atoms with Gasteiger partial charge in [0.15, 0.2) is 5.96 Å². The second-order valence-corrected chi connectivity index (χ2v) is 10.2. The van der Waals surface area contributed by atoms with Crippen molar-refractivity contribution in [3.05, 3.63) is 52.2 Å². The average molecular weight is 435 g/mol. The van der Waals surface area contributed by atoms with Gasteiger partial charge in [-0.15, -0.1) is 11.3 Å². The van der Waals surface area contributed by atoms with E-state index in [2.05, 4.69) is 32.7 Å². The van der Waals surface area contributed by atoms with E-state index in [1.54, 1.807) is 34.8 Å². The Morgan fingerprint density at radius 3 is 2.69 bits per heavy atom. The summed E-state index contributed by atoms with van der Waals surface area (Å²) < 4.78 is 27.4. The summed E-state index contributed by atoms with van der Waals surface area (Å²) in [4.78, 5) is 8.17. The van der Waals surface area contributed by atoms with Crippen LogP contribution in [0.25, 0.3) is 0 Å². The Morgan fingerprint density at radius 1 is 1.21 bits per heavy atom. The highest BCUT2D eigenvalue weighted by Crippen LogP contribution is 2.21. The van der Waals surface area contributed by atoms with Gasteiger partial charge in [0.25, 0.3) is 0 Å². The summed E-state index contributed by atoms with van der Waals surface area (Å²) in [6.45, 7) is 2.63. The molecule has 0 unspecified atom stereocenters. The molecule has 6 nitrogen and oxygen atoms in total. The van der Waals surface area contributed by atoms with Gasteiger partial charge in [-0.3, -0.25) is 4.99 Å². The topological polar surface area (TPSA) is 65.0 Å². The van der Waals surface area contributed by atoms with Gasteiger partial charge in [-0.2, -0.15) is 4.31 Å². The number of aliphatic imine (C=N–C) groups is 1. The van der Waals surface area contributed by atoms with Crippen LogP contribution < -0.4 is 5.32 Å². The molecule has 1 aromatic heterocycles. The molecule has 1 N–H and O–H groups in total. The molecule has 0 spiro atoms. The van der Waals surface area contributed by atoms with Gasteiger partial charge in [0.2, 0.25) is 10.0 Å². The minimum Gasteiger partial charge on any atom is -0.352 e. The molecule has 2 heterocycles. The highest BCUT2D eigenvalue weighted by molar-refractivity contribution is 7.89. The zero-order valence-corrected chi connectivity index (χ0v) is 18.8. The second-order valence-electron chi connectivity index (χ2n) is 7.26. The number of thiophene rings is 1. The molecule has 1 aromatic carbocycles. The molecule has 29 heavy (non-hydrogen) atoms. The fraction of sp³-hybridized carbons (Fsp3) is 0.476. The Balaban J connectivity index is 1.60. The molecule has 1 saturated heterocycles. The number of guanidine groups is 1. The summed E-state index contributed by atoms with van der Waals surface area (Å²) in [5.41, 5.74) is 0.927. The Morgan fingerprint density at radius 2 is 2.00 bits per heavy atom. The van der Waals surface area contributed by atoms with Gasteiger partial charge in [0.1, 0.15) is 0 Å².